The maximum Gasteiger partial charge on any atom is 0.326 e. The first-order chi connectivity index (χ1) is 20.2. The Labute approximate surface area is 247 Å². The molecule has 0 aliphatic rings. The summed E-state index contributed by atoms with van der Waals surface area (Å²) >= 11 is 4.05. The Kier molecular flexibility index (Phi) is 10.3. The standard InChI is InChI=1S/C29H33N7O5S/c30-21(15-42)26(37)34-24(12-19-14-31-16-33-19)28(39)35-23(10-17-6-2-1-3-7-17)27(38)36-25(29(40)41)11-18-13-32-22-9-5-4-8-20(18)22/h1-9,13-14,16,21,23-25,32,42H,10-12,15,30H2,(H,31,33)(H,34,37)(H,35,39)(H,36,38)(H,40,41). The lowest BCUT2D eigenvalue weighted by Gasteiger charge is -2.25. The highest BCUT2D eigenvalue weighted by molar-refractivity contribution is 7.80. The first-order valence-electron chi connectivity index (χ1n) is 13.3. The van der Waals surface area contributed by atoms with Crippen LogP contribution in [0.3, 0.4) is 0 Å². The lowest BCUT2D eigenvalue weighted by Crippen LogP contribution is -2.58. The Morgan fingerprint density at radius 1 is 0.833 bits per heavy atom. The maximum absolute atomic E-state index is 13.6. The number of nitrogens with zero attached hydrogens (tertiary/aromatic N) is 1. The van der Waals surface area contributed by atoms with Crippen molar-refractivity contribution in [1.29, 1.82) is 0 Å². The number of aromatic amines is 2. The second kappa shape index (κ2) is 14.3. The maximum atomic E-state index is 13.6. The molecule has 0 saturated carbocycles. The molecule has 4 rings (SSSR count). The van der Waals surface area contributed by atoms with Gasteiger partial charge >= 0.3 is 5.97 Å². The minimum atomic E-state index is -1.26. The van der Waals surface area contributed by atoms with E-state index in [1.807, 2.05) is 30.3 Å². The van der Waals surface area contributed by atoms with E-state index in [4.69, 9.17) is 5.73 Å². The molecule has 3 amide bonds. The summed E-state index contributed by atoms with van der Waals surface area (Å²) in [7, 11) is 0. The van der Waals surface area contributed by atoms with Crippen LogP contribution in [-0.2, 0) is 38.4 Å². The molecule has 0 fully saturated rings. The van der Waals surface area contributed by atoms with Crippen molar-refractivity contribution in [2.45, 2.75) is 43.4 Å². The van der Waals surface area contributed by atoms with Gasteiger partial charge in [-0.05, 0) is 17.2 Å². The van der Waals surface area contributed by atoms with E-state index in [-0.39, 0.29) is 25.0 Å². The van der Waals surface area contributed by atoms with Crippen molar-refractivity contribution in [3.8, 4) is 0 Å². The summed E-state index contributed by atoms with van der Waals surface area (Å²) in [5, 5.41) is 18.7. The number of hydrogen-bond acceptors (Lipinski definition) is 7. The summed E-state index contributed by atoms with van der Waals surface area (Å²) < 4.78 is 0. The third kappa shape index (κ3) is 7.98. The van der Waals surface area contributed by atoms with Gasteiger partial charge in [-0.1, -0.05) is 48.5 Å². The summed E-state index contributed by atoms with van der Waals surface area (Å²) in [4.78, 5) is 61.8. The number of carbonyl (C=O) groups is 4. The highest BCUT2D eigenvalue weighted by Gasteiger charge is 2.31. The molecule has 2 aromatic heterocycles. The fourth-order valence-electron chi connectivity index (χ4n) is 4.51. The SMILES string of the molecule is NC(CS)C(=O)NC(Cc1cnc[nH]1)C(=O)NC(Cc1ccccc1)C(=O)NC(Cc1c[nH]c2ccccc12)C(=O)O. The van der Waals surface area contributed by atoms with Crippen molar-refractivity contribution in [3.63, 3.8) is 0 Å². The lowest BCUT2D eigenvalue weighted by molar-refractivity contribution is -0.142. The molecule has 0 bridgehead atoms. The van der Waals surface area contributed by atoms with E-state index in [2.05, 4.69) is 43.5 Å². The second-order valence-corrected chi connectivity index (χ2v) is 10.2. The van der Waals surface area contributed by atoms with Crippen molar-refractivity contribution in [2.75, 3.05) is 5.75 Å². The Morgan fingerprint density at radius 3 is 2.14 bits per heavy atom. The van der Waals surface area contributed by atoms with Gasteiger partial charge in [-0.2, -0.15) is 12.6 Å². The molecule has 220 valence electrons. The smallest absolute Gasteiger partial charge is 0.326 e. The normalized spacial score (nSPS) is 14.0. The van der Waals surface area contributed by atoms with Crippen molar-refractivity contribution in [3.05, 3.63) is 90.1 Å². The van der Waals surface area contributed by atoms with Crippen LogP contribution in [0, 0.1) is 0 Å². The largest absolute Gasteiger partial charge is 0.480 e. The summed E-state index contributed by atoms with van der Waals surface area (Å²) in [6.07, 6.45) is 4.83. The van der Waals surface area contributed by atoms with Crippen LogP contribution < -0.4 is 21.7 Å². The molecule has 0 aliphatic carbocycles. The number of carboxylic acid groups (broad SMARTS) is 1. The zero-order valence-corrected chi connectivity index (χ0v) is 23.5. The number of hydrogen-bond donors (Lipinski definition) is 8. The van der Waals surface area contributed by atoms with Gasteiger partial charge in [-0.3, -0.25) is 14.4 Å². The van der Waals surface area contributed by atoms with E-state index in [1.165, 1.54) is 12.5 Å². The van der Waals surface area contributed by atoms with Gasteiger partial charge in [0.15, 0.2) is 0 Å². The Bertz CT molecular complexity index is 1510. The van der Waals surface area contributed by atoms with Crippen molar-refractivity contribution in [2.24, 2.45) is 5.73 Å². The van der Waals surface area contributed by atoms with E-state index in [1.54, 1.807) is 30.5 Å². The predicted octanol–water partition coefficient (Wildman–Crippen LogP) is 0.715. The van der Waals surface area contributed by atoms with Crippen LogP contribution >= 0.6 is 12.6 Å². The van der Waals surface area contributed by atoms with Gasteiger partial charge in [0.2, 0.25) is 17.7 Å². The molecule has 2 aromatic carbocycles. The van der Waals surface area contributed by atoms with Gasteiger partial charge in [-0.15, -0.1) is 0 Å². The highest BCUT2D eigenvalue weighted by atomic mass is 32.1. The number of benzene rings is 2. The van der Waals surface area contributed by atoms with Crippen LogP contribution in [-0.4, -0.2) is 73.7 Å². The average molecular weight is 592 g/mol. The minimum Gasteiger partial charge on any atom is -0.480 e. The third-order valence-corrected chi connectivity index (χ3v) is 7.17. The number of carbonyl (C=O) groups excluding carboxylic acids is 3. The molecule has 4 unspecified atom stereocenters. The molecule has 13 heteroatoms. The Balaban J connectivity index is 1.55. The van der Waals surface area contributed by atoms with Crippen LogP contribution in [0.25, 0.3) is 10.9 Å². The van der Waals surface area contributed by atoms with Crippen molar-refractivity contribution < 1.29 is 24.3 Å². The predicted molar refractivity (Wildman–Crippen MR) is 160 cm³/mol. The van der Waals surface area contributed by atoms with Crippen LogP contribution in [0.15, 0.2) is 73.3 Å². The molecule has 12 nitrogen and oxygen atoms in total. The molecule has 8 N–H and O–H groups in total. The van der Waals surface area contributed by atoms with E-state index in [0.717, 1.165) is 22.0 Å². The molecule has 4 atom stereocenters. The van der Waals surface area contributed by atoms with E-state index < -0.39 is 47.9 Å². The van der Waals surface area contributed by atoms with Crippen molar-refractivity contribution >= 4 is 47.2 Å². The highest BCUT2D eigenvalue weighted by Crippen LogP contribution is 2.19. The first-order valence-corrected chi connectivity index (χ1v) is 13.9. The van der Waals surface area contributed by atoms with Crippen LogP contribution in [0.4, 0.5) is 0 Å². The summed E-state index contributed by atoms with van der Waals surface area (Å²) in [6.45, 7) is 0. The molecule has 4 aromatic rings. The number of para-hydroxylation sites is 1. The van der Waals surface area contributed by atoms with Crippen LogP contribution in [0.2, 0.25) is 0 Å². The van der Waals surface area contributed by atoms with Gasteiger partial charge in [-0.25, -0.2) is 9.78 Å². The fraction of sp³-hybridized carbons (Fsp3) is 0.276. The molecule has 2 heterocycles. The number of nitrogens with one attached hydrogen (secondary N) is 5. The Morgan fingerprint density at radius 2 is 1.48 bits per heavy atom. The number of aliphatic carboxylic acids is 1. The lowest BCUT2D eigenvalue weighted by atomic mass is 10.0. The van der Waals surface area contributed by atoms with Gasteiger partial charge in [0.25, 0.3) is 0 Å². The minimum absolute atomic E-state index is 0.0250. The summed E-state index contributed by atoms with van der Waals surface area (Å²) in [5.74, 6) is -3.07. The first kappa shape index (κ1) is 30.3. The molecular weight excluding hydrogens is 558 g/mol. The number of thiol groups is 1. The van der Waals surface area contributed by atoms with Gasteiger partial charge in [0, 0.05) is 54.0 Å². The molecule has 0 aliphatic heterocycles. The summed E-state index contributed by atoms with van der Waals surface area (Å²) in [5.41, 5.74) is 8.69. The van der Waals surface area contributed by atoms with E-state index >= 15 is 0 Å². The molecule has 42 heavy (non-hydrogen) atoms. The van der Waals surface area contributed by atoms with Gasteiger partial charge in [0.05, 0.1) is 12.4 Å². The van der Waals surface area contributed by atoms with E-state index in [9.17, 15) is 24.3 Å². The number of nitrogens with two attached hydrogens (primary N) is 1. The molecule has 0 radical (unpaired) electrons. The third-order valence-electron chi connectivity index (χ3n) is 6.77. The quantitative estimate of drug-likeness (QED) is 0.0989. The van der Waals surface area contributed by atoms with Crippen molar-refractivity contribution in [1.82, 2.24) is 30.9 Å². The topological polar surface area (TPSA) is 195 Å². The molecule has 0 saturated heterocycles. The van der Waals surface area contributed by atoms with Crippen LogP contribution in [0.5, 0.6) is 0 Å². The van der Waals surface area contributed by atoms with Crippen LogP contribution in [0.1, 0.15) is 16.8 Å². The van der Waals surface area contributed by atoms with Gasteiger partial charge < -0.3 is 36.8 Å². The average Bonchev–Trinajstić information content (AvgIpc) is 3.66. The molecule has 0 spiro atoms. The second-order valence-electron chi connectivity index (χ2n) is 9.85. The fourth-order valence-corrected chi connectivity index (χ4v) is 4.68. The number of carboxylic acids is 1. The number of fused-ring (bicyclic) bond motifs is 1. The number of rotatable bonds is 14. The number of amides is 3. The Hall–Kier alpha value is -4.62. The van der Waals surface area contributed by atoms with Gasteiger partial charge in [0.1, 0.15) is 18.1 Å². The number of imidazole rings is 1. The zero-order chi connectivity index (χ0) is 30.1. The number of aromatic nitrogens is 3. The molecular formula is C29H33N7O5S. The zero-order valence-electron chi connectivity index (χ0n) is 22.6. The summed E-state index contributed by atoms with van der Waals surface area (Å²) in [6, 6.07) is 12.0. The van der Waals surface area contributed by atoms with E-state index in [0.29, 0.717) is 5.69 Å². The number of H-pyrrole nitrogens is 2. The monoisotopic (exact) mass is 591 g/mol.